The molecule has 0 N–H and O–H groups in total. The van der Waals surface area contributed by atoms with E-state index < -0.39 is 11.9 Å². The Hall–Kier alpha value is -4.07. The molecule has 7 nitrogen and oxygen atoms in total. The lowest BCUT2D eigenvalue weighted by atomic mass is 9.98. The lowest BCUT2D eigenvalue weighted by Crippen LogP contribution is -2.29. The molecule has 2 aromatic heterocycles. The van der Waals surface area contributed by atoms with E-state index in [1.165, 1.54) is 4.90 Å². The van der Waals surface area contributed by atoms with Crippen molar-refractivity contribution in [1.82, 2.24) is 5.16 Å². The van der Waals surface area contributed by atoms with Crippen molar-refractivity contribution in [3.8, 4) is 5.75 Å². The molecule has 1 amide bonds. The highest BCUT2D eigenvalue weighted by atomic mass is 35.5. The van der Waals surface area contributed by atoms with Gasteiger partial charge in [0.25, 0.3) is 5.91 Å². The molecule has 1 aliphatic heterocycles. The maximum atomic E-state index is 13.7. The second kappa shape index (κ2) is 9.10. The summed E-state index contributed by atoms with van der Waals surface area (Å²) in [5.41, 5.74) is 1.69. The van der Waals surface area contributed by atoms with Crippen LogP contribution in [0.5, 0.6) is 5.75 Å². The monoisotopic (exact) mass is 532 g/mol. The minimum Gasteiger partial charge on any atom is -0.489 e. The molecule has 0 bridgehead atoms. The summed E-state index contributed by atoms with van der Waals surface area (Å²) in [5, 5.41) is 5.35. The molecule has 184 valence electrons. The number of ether oxygens (including phenoxy) is 1. The van der Waals surface area contributed by atoms with Crippen molar-refractivity contribution in [3.63, 3.8) is 0 Å². The third kappa shape index (κ3) is 4.06. The molecule has 37 heavy (non-hydrogen) atoms. The summed E-state index contributed by atoms with van der Waals surface area (Å²) in [6.45, 7) is 2.02. The Kier molecular flexibility index (Phi) is 5.74. The summed E-state index contributed by atoms with van der Waals surface area (Å²) < 4.78 is 17.1. The van der Waals surface area contributed by atoms with Gasteiger partial charge in [-0.2, -0.15) is 0 Å². The minimum atomic E-state index is -0.788. The summed E-state index contributed by atoms with van der Waals surface area (Å²) in [6, 6.07) is 20.2. The number of carbonyl (C=O) groups excluding carboxylic acids is 1. The molecule has 5 aromatic rings. The number of aromatic nitrogens is 1. The van der Waals surface area contributed by atoms with Gasteiger partial charge in [-0.1, -0.05) is 58.7 Å². The molecule has 9 heteroatoms. The van der Waals surface area contributed by atoms with Crippen molar-refractivity contribution >= 4 is 45.9 Å². The van der Waals surface area contributed by atoms with E-state index in [-0.39, 0.29) is 28.2 Å². The van der Waals surface area contributed by atoms with Crippen LogP contribution in [0, 0.1) is 6.92 Å². The first-order chi connectivity index (χ1) is 17.9. The fraction of sp³-hybridized carbons (Fsp3) is 0.107. The maximum absolute atomic E-state index is 13.7. The maximum Gasteiger partial charge on any atom is 0.296 e. The fourth-order valence-corrected chi connectivity index (χ4v) is 4.85. The summed E-state index contributed by atoms with van der Waals surface area (Å²) in [6.07, 6.45) is 0. The number of carbonyl (C=O) groups is 1. The molecule has 0 saturated carbocycles. The molecule has 0 aliphatic carbocycles. The number of halogens is 2. The molecule has 1 aliphatic rings. The fourth-order valence-electron chi connectivity index (χ4n) is 4.49. The lowest BCUT2D eigenvalue weighted by molar-refractivity contribution is 0.0969. The largest absolute Gasteiger partial charge is 0.489 e. The molecule has 0 saturated heterocycles. The van der Waals surface area contributed by atoms with Crippen molar-refractivity contribution in [2.45, 2.75) is 19.6 Å². The van der Waals surface area contributed by atoms with Crippen LogP contribution in [-0.2, 0) is 6.61 Å². The molecular weight excluding hydrogens is 515 g/mol. The van der Waals surface area contributed by atoms with Gasteiger partial charge in [-0.3, -0.25) is 14.5 Å². The number of amides is 1. The van der Waals surface area contributed by atoms with Gasteiger partial charge in [-0.25, -0.2) is 0 Å². The first-order valence-electron chi connectivity index (χ1n) is 11.4. The quantitative estimate of drug-likeness (QED) is 0.249. The summed E-state index contributed by atoms with van der Waals surface area (Å²) in [4.78, 5) is 28.6. The highest BCUT2D eigenvalue weighted by molar-refractivity contribution is 6.31. The predicted octanol–water partition coefficient (Wildman–Crippen LogP) is 6.73. The van der Waals surface area contributed by atoms with Crippen molar-refractivity contribution in [2.75, 3.05) is 4.90 Å². The highest BCUT2D eigenvalue weighted by Crippen LogP contribution is 2.41. The molecule has 0 fully saturated rings. The second-order valence-corrected chi connectivity index (χ2v) is 9.48. The van der Waals surface area contributed by atoms with E-state index in [0.717, 1.165) is 5.56 Å². The average Bonchev–Trinajstić information content (AvgIpc) is 3.45. The SMILES string of the molecule is Cc1cc(N2C(=O)c3oc4ccc(Cl)cc4c(=O)c3C2c2ccc(OCc3ccccc3Cl)cc2)no1. The Bertz CT molecular complexity index is 1730. The van der Waals surface area contributed by atoms with Gasteiger partial charge in [0.15, 0.2) is 11.2 Å². The smallest absolute Gasteiger partial charge is 0.296 e. The van der Waals surface area contributed by atoms with Crippen LogP contribution in [0.15, 0.2) is 86.5 Å². The van der Waals surface area contributed by atoms with Crippen molar-refractivity contribution in [3.05, 3.63) is 121 Å². The molecule has 0 radical (unpaired) electrons. The first-order valence-corrected chi connectivity index (χ1v) is 12.2. The number of aryl methyl sites for hydroxylation is 1. The van der Waals surface area contributed by atoms with Crippen molar-refractivity contribution < 1.29 is 18.5 Å². The molecule has 1 atom stereocenters. The predicted molar refractivity (Wildman–Crippen MR) is 140 cm³/mol. The number of benzene rings is 3. The van der Waals surface area contributed by atoms with E-state index >= 15 is 0 Å². The van der Waals surface area contributed by atoms with E-state index in [0.29, 0.717) is 39.1 Å². The van der Waals surface area contributed by atoms with Gasteiger partial charge in [0.1, 0.15) is 23.7 Å². The van der Waals surface area contributed by atoms with E-state index in [2.05, 4.69) is 5.16 Å². The Morgan fingerprint density at radius 3 is 2.51 bits per heavy atom. The number of rotatable bonds is 5. The molecule has 0 spiro atoms. The number of fused-ring (bicyclic) bond motifs is 2. The number of hydrogen-bond donors (Lipinski definition) is 0. The van der Waals surface area contributed by atoms with Crippen LogP contribution in [-0.4, -0.2) is 11.1 Å². The van der Waals surface area contributed by atoms with Gasteiger partial charge in [0.2, 0.25) is 5.76 Å². The number of hydrogen-bond acceptors (Lipinski definition) is 6. The minimum absolute atomic E-state index is 0.0375. The van der Waals surface area contributed by atoms with Crippen molar-refractivity contribution in [2.24, 2.45) is 0 Å². The van der Waals surface area contributed by atoms with Gasteiger partial charge in [-0.15, -0.1) is 0 Å². The standard InChI is InChI=1S/C28H18Cl2N2O5/c1-15-12-23(31-37-15)32-25(16-6-9-19(10-7-16)35-14-17-4-2-3-5-21(17)30)24-26(33)20-13-18(29)8-11-22(20)36-27(24)28(32)34/h2-13,25H,14H2,1H3. The van der Waals surface area contributed by atoms with Crippen LogP contribution in [0.2, 0.25) is 10.0 Å². The zero-order valence-corrected chi connectivity index (χ0v) is 20.9. The van der Waals surface area contributed by atoms with Gasteiger partial charge in [-0.05, 0) is 48.9 Å². The van der Waals surface area contributed by atoms with Crippen LogP contribution in [0.1, 0.15) is 39.0 Å². The van der Waals surface area contributed by atoms with Crippen LogP contribution in [0.4, 0.5) is 5.82 Å². The van der Waals surface area contributed by atoms with Crippen LogP contribution in [0.25, 0.3) is 11.0 Å². The van der Waals surface area contributed by atoms with Crippen LogP contribution >= 0.6 is 23.2 Å². The van der Waals surface area contributed by atoms with E-state index in [1.807, 2.05) is 18.2 Å². The first kappa shape index (κ1) is 23.3. The van der Waals surface area contributed by atoms with Crippen LogP contribution in [0.3, 0.4) is 0 Å². The zero-order valence-electron chi connectivity index (χ0n) is 19.4. The summed E-state index contributed by atoms with van der Waals surface area (Å²) in [7, 11) is 0. The Morgan fingerprint density at radius 2 is 1.78 bits per heavy atom. The second-order valence-electron chi connectivity index (χ2n) is 8.64. The van der Waals surface area contributed by atoms with E-state index in [1.54, 1.807) is 61.5 Å². The molecule has 1 unspecified atom stereocenters. The van der Waals surface area contributed by atoms with Crippen molar-refractivity contribution in [1.29, 1.82) is 0 Å². The number of anilines is 1. The molecule has 3 aromatic carbocycles. The average molecular weight is 533 g/mol. The van der Waals surface area contributed by atoms with Gasteiger partial charge in [0, 0.05) is 21.7 Å². The summed E-state index contributed by atoms with van der Waals surface area (Å²) >= 11 is 12.4. The van der Waals surface area contributed by atoms with Gasteiger partial charge in [0.05, 0.1) is 17.0 Å². The number of nitrogens with zero attached hydrogens (tertiary/aromatic N) is 2. The molecule has 3 heterocycles. The van der Waals surface area contributed by atoms with E-state index in [4.69, 9.17) is 36.9 Å². The van der Waals surface area contributed by atoms with Gasteiger partial charge < -0.3 is 13.7 Å². The normalized spacial score (nSPS) is 14.8. The molecule has 6 rings (SSSR count). The third-order valence-electron chi connectivity index (χ3n) is 6.24. The third-order valence-corrected chi connectivity index (χ3v) is 6.85. The molecular formula is C28H18Cl2N2O5. The highest BCUT2D eigenvalue weighted by Gasteiger charge is 2.44. The van der Waals surface area contributed by atoms with Gasteiger partial charge >= 0.3 is 0 Å². The lowest BCUT2D eigenvalue weighted by Gasteiger charge is -2.22. The Balaban J connectivity index is 1.43. The van der Waals surface area contributed by atoms with Crippen LogP contribution < -0.4 is 15.1 Å². The topological polar surface area (TPSA) is 85.8 Å². The zero-order chi connectivity index (χ0) is 25.7. The Morgan fingerprint density at radius 1 is 1.00 bits per heavy atom. The Labute approximate surface area is 220 Å². The van der Waals surface area contributed by atoms with E-state index in [9.17, 15) is 9.59 Å². The summed E-state index contributed by atoms with van der Waals surface area (Å²) in [5.74, 6) is 0.886.